The molecule has 6 heteroatoms. The minimum absolute atomic E-state index is 0.000364. The first kappa shape index (κ1) is 22.5. The van der Waals surface area contributed by atoms with Crippen LogP contribution in [0.1, 0.15) is 61.8 Å². The molecule has 5 nitrogen and oxygen atoms in total. The van der Waals surface area contributed by atoms with Crippen molar-refractivity contribution < 1.29 is 13.7 Å². The first-order chi connectivity index (χ1) is 14.4. The standard InChI is InChI=1S/C24H34N2O3S/c1-4-29-23(27)13-7-5-6-10-16-25-24-19-11-8-9-12-21(19)26-30(3,28)22-17-18(2)14-15-20(22)24/h8-9,11-12,14-15,17,24-25,30H,4-7,10,13,16H2,1-3H3,(H,26,28). The lowest BCUT2D eigenvalue weighted by Crippen LogP contribution is -2.25. The highest BCUT2D eigenvalue weighted by Crippen LogP contribution is 2.39. The van der Waals surface area contributed by atoms with Gasteiger partial charge in [0.1, 0.15) is 0 Å². The molecule has 0 aromatic heterocycles. The number of benzene rings is 2. The third kappa shape index (κ3) is 5.49. The van der Waals surface area contributed by atoms with Crippen molar-refractivity contribution in [1.82, 2.24) is 5.32 Å². The molecule has 1 heterocycles. The molecule has 0 saturated heterocycles. The summed E-state index contributed by atoms with van der Waals surface area (Å²) in [5, 5.41) is 3.70. The highest BCUT2D eigenvalue weighted by atomic mass is 32.3. The molecule has 1 aliphatic rings. The molecule has 2 aromatic carbocycles. The second-order valence-electron chi connectivity index (χ2n) is 8.04. The molecule has 30 heavy (non-hydrogen) atoms. The summed E-state index contributed by atoms with van der Waals surface area (Å²) in [7, 11) is -2.72. The highest BCUT2D eigenvalue weighted by Gasteiger charge is 2.28. The number of fused-ring (bicyclic) bond motifs is 2. The second-order valence-corrected chi connectivity index (χ2v) is 10.6. The monoisotopic (exact) mass is 430 g/mol. The van der Waals surface area contributed by atoms with Crippen LogP contribution in [0.2, 0.25) is 0 Å². The number of rotatable bonds is 9. The van der Waals surface area contributed by atoms with Gasteiger partial charge in [-0.1, -0.05) is 43.2 Å². The SMILES string of the molecule is CCOC(=O)CCCCCCNC1c2ccccc2N[SH](C)(=O)c2cc(C)ccc21. The van der Waals surface area contributed by atoms with Gasteiger partial charge >= 0.3 is 5.97 Å². The van der Waals surface area contributed by atoms with Crippen molar-refractivity contribution in [2.24, 2.45) is 0 Å². The minimum atomic E-state index is -2.72. The third-order valence-corrected chi connectivity index (χ3v) is 7.50. The summed E-state index contributed by atoms with van der Waals surface area (Å²) >= 11 is 0. The number of aryl methyl sites for hydroxylation is 1. The molecule has 1 atom stereocenters. The van der Waals surface area contributed by atoms with Gasteiger partial charge < -0.3 is 14.8 Å². The number of hydrogen-bond acceptors (Lipinski definition) is 4. The fourth-order valence-corrected chi connectivity index (χ4v) is 5.95. The second kappa shape index (κ2) is 10.2. The maximum Gasteiger partial charge on any atom is 0.305 e. The predicted molar refractivity (Wildman–Crippen MR) is 125 cm³/mol. The Morgan fingerprint density at radius 1 is 1.10 bits per heavy atom. The zero-order valence-corrected chi connectivity index (χ0v) is 19.1. The Labute approximate surface area is 181 Å². The molecule has 164 valence electrons. The van der Waals surface area contributed by atoms with Gasteiger partial charge in [-0.25, -0.2) is 0 Å². The van der Waals surface area contributed by atoms with Gasteiger partial charge in [0.05, 0.1) is 12.6 Å². The largest absolute Gasteiger partial charge is 0.466 e. The van der Waals surface area contributed by atoms with Crippen molar-refractivity contribution in [3.8, 4) is 0 Å². The molecule has 0 aliphatic carbocycles. The van der Waals surface area contributed by atoms with Gasteiger partial charge in [0.25, 0.3) is 0 Å². The lowest BCUT2D eigenvalue weighted by Gasteiger charge is -2.24. The zero-order chi connectivity index (χ0) is 21.6. The maximum atomic E-state index is 13.5. The Morgan fingerprint density at radius 2 is 1.87 bits per heavy atom. The van der Waals surface area contributed by atoms with E-state index in [0.29, 0.717) is 13.0 Å². The number of nitrogens with one attached hydrogen (secondary N) is 2. The van der Waals surface area contributed by atoms with Gasteiger partial charge in [-0.3, -0.25) is 9.00 Å². The fourth-order valence-electron chi connectivity index (χ4n) is 4.02. The van der Waals surface area contributed by atoms with Crippen LogP contribution in [-0.2, 0) is 19.7 Å². The van der Waals surface area contributed by atoms with E-state index in [0.717, 1.165) is 59.5 Å². The normalized spacial score (nSPS) is 17.8. The van der Waals surface area contributed by atoms with Gasteiger partial charge in [-0.15, -0.1) is 0 Å². The van der Waals surface area contributed by atoms with Gasteiger partial charge in [0.15, 0.2) is 0 Å². The highest BCUT2D eigenvalue weighted by molar-refractivity contribution is 8.03. The van der Waals surface area contributed by atoms with Crippen molar-refractivity contribution in [3.63, 3.8) is 0 Å². The molecular formula is C24H34N2O3S. The Morgan fingerprint density at radius 3 is 2.67 bits per heavy atom. The summed E-state index contributed by atoms with van der Waals surface area (Å²) in [6, 6.07) is 14.4. The van der Waals surface area contributed by atoms with Crippen LogP contribution in [0.15, 0.2) is 47.4 Å². The lowest BCUT2D eigenvalue weighted by atomic mass is 9.96. The van der Waals surface area contributed by atoms with Crippen LogP contribution in [0, 0.1) is 6.92 Å². The predicted octanol–water partition coefficient (Wildman–Crippen LogP) is 4.53. The Balaban J connectivity index is 1.67. The molecule has 0 saturated carbocycles. The molecule has 0 amide bonds. The van der Waals surface area contributed by atoms with Crippen LogP contribution in [0.25, 0.3) is 0 Å². The number of thiol groups is 1. The van der Waals surface area contributed by atoms with Crippen LogP contribution in [0.5, 0.6) is 0 Å². The van der Waals surface area contributed by atoms with Gasteiger partial charge in [-0.05, 0) is 72.2 Å². The zero-order valence-electron chi connectivity index (χ0n) is 18.2. The molecule has 2 aromatic rings. The van der Waals surface area contributed by atoms with Crippen molar-refractivity contribution in [3.05, 3.63) is 59.2 Å². The molecule has 1 unspecified atom stereocenters. The molecule has 0 spiro atoms. The van der Waals surface area contributed by atoms with Gasteiger partial charge in [-0.2, -0.15) is 0 Å². The number of anilines is 1. The average molecular weight is 431 g/mol. The van der Waals surface area contributed by atoms with E-state index in [-0.39, 0.29) is 12.0 Å². The lowest BCUT2D eigenvalue weighted by molar-refractivity contribution is -0.143. The van der Waals surface area contributed by atoms with Crippen LogP contribution in [0.3, 0.4) is 0 Å². The average Bonchev–Trinajstić information content (AvgIpc) is 2.79. The van der Waals surface area contributed by atoms with Crippen molar-refractivity contribution in [2.45, 2.75) is 56.9 Å². The molecular weight excluding hydrogens is 396 g/mol. The molecule has 1 aliphatic heterocycles. The number of para-hydroxylation sites is 1. The van der Waals surface area contributed by atoms with E-state index >= 15 is 0 Å². The molecule has 0 fully saturated rings. The van der Waals surface area contributed by atoms with Crippen LogP contribution >= 0.6 is 0 Å². The van der Waals surface area contributed by atoms with E-state index in [1.54, 1.807) is 0 Å². The number of unbranched alkanes of at least 4 members (excludes halogenated alkanes) is 3. The Hall–Kier alpha value is -2.18. The summed E-state index contributed by atoms with van der Waals surface area (Å²) in [5.74, 6) is -0.103. The number of ether oxygens (including phenoxy) is 1. The summed E-state index contributed by atoms with van der Waals surface area (Å²) in [6.45, 7) is 5.19. The molecule has 3 rings (SSSR count). The van der Waals surface area contributed by atoms with Crippen molar-refractivity contribution in [1.29, 1.82) is 0 Å². The summed E-state index contributed by atoms with van der Waals surface area (Å²) < 4.78 is 21.8. The van der Waals surface area contributed by atoms with E-state index in [9.17, 15) is 9.00 Å². The van der Waals surface area contributed by atoms with E-state index < -0.39 is 10.1 Å². The summed E-state index contributed by atoms with van der Waals surface area (Å²) in [5.41, 5.74) is 4.27. The quantitative estimate of drug-likeness (QED) is 0.311. The number of hydrogen-bond donors (Lipinski definition) is 3. The molecule has 0 radical (unpaired) electrons. The smallest absolute Gasteiger partial charge is 0.305 e. The van der Waals surface area contributed by atoms with E-state index in [1.807, 2.05) is 38.3 Å². The fraction of sp³-hybridized carbons (Fsp3) is 0.458. The number of esters is 1. The topological polar surface area (TPSA) is 67.4 Å². The molecule has 0 bridgehead atoms. The van der Waals surface area contributed by atoms with Crippen LogP contribution in [0.4, 0.5) is 5.69 Å². The van der Waals surface area contributed by atoms with Crippen LogP contribution in [-0.4, -0.2) is 29.6 Å². The maximum absolute atomic E-state index is 13.5. The van der Waals surface area contributed by atoms with Crippen LogP contribution < -0.4 is 10.0 Å². The van der Waals surface area contributed by atoms with Gasteiger partial charge in [0, 0.05) is 23.3 Å². The van der Waals surface area contributed by atoms with Gasteiger partial charge in [0.2, 0.25) is 0 Å². The van der Waals surface area contributed by atoms with E-state index in [4.69, 9.17) is 4.74 Å². The van der Waals surface area contributed by atoms with E-state index in [2.05, 4.69) is 34.3 Å². The number of carbonyl (C=O) groups excluding carboxylic acids is 1. The van der Waals surface area contributed by atoms with Crippen molar-refractivity contribution >= 4 is 21.8 Å². The number of carbonyl (C=O) groups is 1. The summed E-state index contributed by atoms with van der Waals surface area (Å²) in [4.78, 5) is 12.3. The third-order valence-electron chi connectivity index (χ3n) is 5.52. The first-order valence-electron chi connectivity index (χ1n) is 10.9. The molecule has 2 N–H and O–H groups in total. The van der Waals surface area contributed by atoms with Crippen molar-refractivity contribution in [2.75, 3.05) is 24.1 Å². The first-order valence-corrected chi connectivity index (χ1v) is 13.0. The Kier molecular flexibility index (Phi) is 7.67. The minimum Gasteiger partial charge on any atom is -0.466 e. The Bertz CT molecular complexity index is 928. The van der Waals surface area contributed by atoms with E-state index in [1.165, 1.54) is 0 Å². The summed E-state index contributed by atoms with van der Waals surface area (Å²) in [6.07, 6.45) is 6.29.